The maximum atomic E-state index is 12.2. The average molecular weight is 246 g/mol. The number of hydrogen-bond acceptors (Lipinski definition) is 2. The van der Waals surface area contributed by atoms with Gasteiger partial charge in [-0.1, -0.05) is 32.9 Å². The van der Waals surface area contributed by atoms with Gasteiger partial charge in [-0.05, 0) is 41.9 Å². The third kappa shape index (κ3) is 2.43. The van der Waals surface area contributed by atoms with E-state index in [-0.39, 0.29) is 17.1 Å². The zero-order valence-corrected chi connectivity index (χ0v) is 11.4. The summed E-state index contributed by atoms with van der Waals surface area (Å²) in [7, 11) is 0. The zero-order valence-electron chi connectivity index (χ0n) is 11.4. The van der Waals surface area contributed by atoms with E-state index in [1.54, 1.807) is 12.1 Å². The lowest BCUT2D eigenvalue weighted by atomic mass is 9.65. The number of phenolic OH excluding ortho intramolecular Hbond substituents is 1. The number of Topliss-reactive ketones (excluding diaryl/α,β-unsaturated/α-hetero) is 1. The third-order valence-electron chi connectivity index (χ3n) is 4.37. The fourth-order valence-electron chi connectivity index (χ4n) is 3.06. The monoisotopic (exact) mass is 246 g/mol. The van der Waals surface area contributed by atoms with Crippen LogP contribution in [0.3, 0.4) is 0 Å². The molecule has 2 rings (SSSR count). The number of ketones is 1. The van der Waals surface area contributed by atoms with Gasteiger partial charge >= 0.3 is 0 Å². The summed E-state index contributed by atoms with van der Waals surface area (Å²) in [6, 6.07) is 7.27. The summed E-state index contributed by atoms with van der Waals surface area (Å²) >= 11 is 0. The number of aromatic hydroxyl groups is 1. The Bertz CT molecular complexity index is 431. The number of benzene rings is 1. The van der Waals surface area contributed by atoms with Crippen LogP contribution in [0.1, 0.15) is 45.6 Å². The lowest BCUT2D eigenvalue weighted by Gasteiger charge is -2.38. The molecule has 0 bridgehead atoms. The van der Waals surface area contributed by atoms with E-state index in [1.165, 1.54) is 0 Å². The molecular weight excluding hydrogens is 224 g/mol. The molecule has 1 N–H and O–H groups in total. The van der Waals surface area contributed by atoms with Gasteiger partial charge in [0.2, 0.25) is 0 Å². The molecule has 0 radical (unpaired) electrons. The van der Waals surface area contributed by atoms with Crippen molar-refractivity contribution >= 4 is 5.78 Å². The molecule has 1 aliphatic rings. The molecule has 2 atom stereocenters. The molecule has 0 saturated heterocycles. The van der Waals surface area contributed by atoms with Crippen LogP contribution >= 0.6 is 0 Å². The van der Waals surface area contributed by atoms with E-state index < -0.39 is 0 Å². The summed E-state index contributed by atoms with van der Waals surface area (Å²) in [6.45, 7) is 6.43. The van der Waals surface area contributed by atoms with Gasteiger partial charge in [0.15, 0.2) is 0 Å². The van der Waals surface area contributed by atoms with Crippen molar-refractivity contribution in [1.82, 2.24) is 0 Å². The number of hydrogen-bond donors (Lipinski definition) is 1. The summed E-state index contributed by atoms with van der Waals surface area (Å²) in [5.74, 6) is 1.31. The molecule has 2 heteroatoms. The van der Waals surface area contributed by atoms with Crippen LogP contribution in [0.2, 0.25) is 0 Å². The molecule has 0 aliphatic heterocycles. The Balaban J connectivity index is 2.25. The van der Waals surface area contributed by atoms with Crippen molar-refractivity contribution in [2.75, 3.05) is 0 Å². The SMILES string of the molecule is C[C@@H]1CC[C@@H](C(C)(C)c2ccc(O)cc2)C(=O)C1. The lowest BCUT2D eigenvalue weighted by molar-refractivity contribution is -0.128. The van der Waals surface area contributed by atoms with E-state index in [0.717, 1.165) is 18.4 Å². The highest BCUT2D eigenvalue weighted by Gasteiger charge is 2.38. The predicted molar refractivity (Wildman–Crippen MR) is 72.6 cm³/mol. The van der Waals surface area contributed by atoms with Crippen molar-refractivity contribution in [3.63, 3.8) is 0 Å². The van der Waals surface area contributed by atoms with Gasteiger partial charge in [0.1, 0.15) is 11.5 Å². The highest BCUT2D eigenvalue weighted by Crippen LogP contribution is 2.40. The lowest BCUT2D eigenvalue weighted by Crippen LogP contribution is -2.38. The molecule has 0 spiro atoms. The van der Waals surface area contributed by atoms with Crippen LogP contribution in [0, 0.1) is 11.8 Å². The number of phenols is 1. The molecule has 1 aromatic carbocycles. The van der Waals surface area contributed by atoms with Crippen molar-refractivity contribution < 1.29 is 9.90 Å². The largest absolute Gasteiger partial charge is 0.508 e. The molecule has 0 heterocycles. The van der Waals surface area contributed by atoms with Crippen LogP contribution in [0.15, 0.2) is 24.3 Å². The van der Waals surface area contributed by atoms with Crippen LogP contribution in [-0.2, 0) is 10.2 Å². The van der Waals surface area contributed by atoms with Crippen LogP contribution in [0.5, 0.6) is 5.75 Å². The van der Waals surface area contributed by atoms with Gasteiger partial charge in [-0.25, -0.2) is 0 Å². The van der Waals surface area contributed by atoms with E-state index in [2.05, 4.69) is 20.8 Å². The highest BCUT2D eigenvalue weighted by molar-refractivity contribution is 5.83. The summed E-state index contributed by atoms with van der Waals surface area (Å²) in [6.07, 6.45) is 2.83. The fraction of sp³-hybridized carbons (Fsp3) is 0.562. The van der Waals surface area contributed by atoms with E-state index in [1.807, 2.05) is 12.1 Å². The summed E-state index contributed by atoms with van der Waals surface area (Å²) in [5.41, 5.74) is 0.985. The Labute approximate surface area is 109 Å². The summed E-state index contributed by atoms with van der Waals surface area (Å²) in [4.78, 5) is 12.2. The second-order valence-corrected chi connectivity index (χ2v) is 6.17. The highest BCUT2D eigenvalue weighted by atomic mass is 16.3. The minimum absolute atomic E-state index is 0.109. The Morgan fingerprint density at radius 3 is 2.33 bits per heavy atom. The molecule has 2 nitrogen and oxygen atoms in total. The summed E-state index contributed by atoms with van der Waals surface area (Å²) in [5, 5.41) is 9.35. The van der Waals surface area contributed by atoms with E-state index in [9.17, 15) is 9.90 Å². The number of carbonyl (C=O) groups excluding carboxylic acids is 1. The van der Waals surface area contributed by atoms with Gasteiger partial charge in [0, 0.05) is 12.3 Å². The normalized spacial score (nSPS) is 25.2. The van der Waals surface area contributed by atoms with E-state index in [0.29, 0.717) is 18.1 Å². The molecule has 98 valence electrons. The first-order valence-corrected chi connectivity index (χ1v) is 6.73. The van der Waals surface area contributed by atoms with Crippen molar-refractivity contribution in [3.05, 3.63) is 29.8 Å². The molecular formula is C16H22O2. The van der Waals surface area contributed by atoms with Gasteiger partial charge < -0.3 is 5.11 Å². The molecule has 18 heavy (non-hydrogen) atoms. The Hall–Kier alpha value is -1.31. The molecule has 1 aliphatic carbocycles. The first-order chi connectivity index (χ1) is 8.41. The van der Waals surface area contributed by atoms with Crippen LogP contribution < -0.4 is 0 Å². The van der Waals surface area contributed by atoms with Crippen LogP contribution in [0.25, 0.3) is 0 Å². The second-order valence-electron chi connectivity index (χ2n) is 6.17. The third-order valence-corrected chi connectivity index (χ3v) is 4.37. The summed E-state index contributed by atoms with van der Waals surface area (Å²) < 4.78 is 0. The van der Waals surface area contributed by atoms with Gasteiger partial charge in [0.05, 0.1) is 0 Å². The Morgan fingerprint density at radius 2 is 1.78 bits per heavy atom. The van der Waals surface area contributed by atoms with Crippen molar-refractivity contribution in [3.8, 4) is 5.75 Å². The first kappa shape index (κ1) is 13.1. The second kappa shape index (κ2) is 4.75. The standard InChI is InChI=1S/C16H22O2/c1-11-4-9-14(15(18)10-11)16(2,3)12-5-7-13(17)8-6-12/h5-8,11,14,17H,4,9-10H2,1-3H3/t11-,14-/m1/s1. The smallest absolute Gasteiger partial charge is 0.137 e. The van der Waals surface area contributed by atoms with Crippen molar-refractivity contribution in [2.24, 2.45) is 11.8 Å². The first-order valence-electron chi connectivity index (χ1n) is 6.73. The average Bonchev–Trinajstić information content (AvgIpc) is 2.29. The van der Waals surface area contributed by atoms with Crippen LogP contribution in [0.4, 0.5) is 0 Å². The Morgan fingerprint density at radius 1 is 1.17 bits per heavy atom. The van der Waals surface area contributed by atoms with Gasteiger partial charge in [0.25, 0.3) is 0 Å². The molecule has 0 amide bonds. The number of carbonyl (C=O) groups is 1. The number of rotatable bonds is 2. The zero-order chi connectivity index (χ0) is 13.3. The van der Waals surface area contributed by atoms with Crippen molar-refractivity contribution in [1.29, 1.82) is 0 Å². The van der Waals surface area contributed by atoms with Crippen LogP contribution in [-0.4, -0.2) is 10.9 Å². The topological polar surface area (TPSA) is 37.3 Å². The fourth-order valence-corrected chi connectivity index (χ4v) is 3.06. The van der Waals surface area contributed by atoms with Crippen molar-refractivity contribution in [2.45, 2.75) is 45.4 Å². The minimum atomic E-state index is -0.148. The molecule has 0 aromatic heterocycles. The predicted octanol–water partition coefficient (Wildman–Crippen LogP) is 3.68. The quantitative estimate of drug-likeness (QED) is 0.864. The molecule has 1 fully saturated rings. The Kier molecular flexibility index (Phi) is 3.47. The maximum absolute atomic E-state index is 12.2. The van der Waals surface area contributed by atoms with Gasteiger partial charge in [-0.2, -0.15) is 0 Å². The van der Waals surface area contributed by atoms with Gasteiger partial charge in [-0.15, -0.1) is 0 Å². The van der Waals surface area contributed by atoms with Gasteiger partial charge in [-0.3, -0.25) is 4.79 Å². The van der Waals surface area contributed by atoms with E-state index in [4.69, 9.17) is 0 Å². The minimum Gasteiger partial charge on any atom is -0.508 e. The van der Waals surface area contributed by atoms with E-state index >= 15 is 0 Å². The molecule has 0 unspecified atom stereocenters. The molecule has 1 saturated carbocycles. The maximum Gasteiger partial charge on any atom is 0.137 e. The molecule has 1 aromatic rings.